The minimum atomic E-state index is -0.205. The molecule has 0 fully saturated rings. The summed E-state index contributed by atoms with van der Waals surface area (Å²) >= 11 is 0. The summed E-state index contributed by atoms with van der Waals surface area (Å²) in [5.41, 5.74) is 1.40. The number of para-hydroxylation sites is 2. The average molecular weight is 339 g/mol. The van der Waals surface area contributed by atoms with Crippen LogP contribution in [0.2, 0.25) is 0 Å². The minimum absolute atomic E-state index is 0.205. The van der Waals surface area contributed by atoms with Crippen LogP contribution < -0.4 is 15.4 Å². The van der Waals surface area contributed by atoms with Crippen molar-refractivity contribution in [2.24, 2.45) is 0 Å². The van der Waals surface area contributed by atoms with Crippen LogP contribution in [0.3, 0.4) is 0 Å². The van der Waals surface area contributed by atoms with Gasteiger partial charge in [0, 0.05) is 6.54 Å². The lowest BCUT2D eigenvalue weighted by Crippen LogP contribution is -2.09. The van der Waals surface area contributed by atoms with E-state index in [0.29, 0.717) is 36.0 Å². The van der Waals surface area contributed by atoms with Crippen molar-refractivity contribution in [2.75, 3.05) is 24.3 Å². The lowest BCUT2D eigenvalue weighted by molar-refractivity contribution is 0.417. The van der Waals surface area contributed by atoms with Crippen LogP contribution in [0.4, 0.5) is 21.8 Å². The third-order valence-corrected chi connectivity index (χ3v) is 3.57. The molecule has 2 aromatic carbocycles. The van der Waals surface area contributed by atoms with Gasteiger partial charge >= 0.3 is 0 Å². The van der Waals surface area contributed by atoms with Crippen molar-refractivity contribution in [1.82, 2.24) is 15.2 Å². The fourth-order valence-corrected chi connectivity index (χ4v) is 2.34. The van der Waals surface area contributed by atoms with Gasteiger partial charge < -0.3 is 15.4 Å². The zero-order valence-electron chi connectivity index (χ0n) is 13.7. The minimum Gasteiger partial charge on any atom is -0.495 e. The lowest BCUT2D eigenvalue weighted by atomic mass is 10.1. The second-order valence-electron chi connectivity index (χ2n) is 5.26. The highest BCUT2D eigenvalue weighted by Crippen LogP contribution is 2.25. The van der Waals surface area contributed by atoms with E-state index in [-0.39, 0.29) is 5.82 Å². The number of aromatic nitrogens is 3. The number of hydrogen-bond donors (Lipinski definition) is 2. The Bertz CT molecular complexity index is 843. The van der Waals surface area contributed by atoms with Crippen molar-refractivity contribution in [1.29, 1.82) is 0 Å². The zero-order chi connectivity index (χ0) is 17.5. The molecule has 6 nitrogen and oxygen atoms in total. The van der Waals surface area contributed by atoms with Crippen LogP contribution in [0, 0.1) is 5.82 Å². The number of anilines is 3. The van der Waals surface area contributed by atoms with Crippen LogP contribution in [0.15, 0.2) is 54.7 Å². The van der Waals surface area contributed by atoms with Crippen molar-refractivity contribution in [3.63, 3.8) is 0 Å². The number of ether oxygens (including phenoxy) is 1. The fraction of sp³-hybridized carbons (Fsp3) is 0.167. The molecule has 0 saturated carbocycles. The van der Waals surface area contributed by atoms with E-state index in [1.807, 2.05) is 30.3 Å². The molecule has 3 aromatic rings. The van der Waals surface area contributed by atoms with Crippen LogP contribution in [0.5, 0.6) is 5.75 Å². The van der Waals surface area contributed by atoms with E-state index < -0.39 is 0 Å². The SMILES string of the molecule is COc1ccccc1Nc1nncc(NCCc2ccccc2F)n1. The zero-order valence-corrected chi connectivity index (χ0v) is 13.7. The van der Waals surface area contributed by atoms with Gasteiger partial charge in [0.25, 0.3) is 0 Å². The van der Waals surface area contributed by atoms with E-state index >= 15 is 0 Å². The molecule has 0 bridgehead atoms. The number of nitrogens with one attached hydrogen (secondary N) is 2. The Hall–Kier alpha value is -3.22. The molecule has 0 aliphatic rings. The highest BCUT2D eigenvalue weighted by molar-refractivity contribution is 5.62. The highest BCUT2D eigenvalue weighted by Gasteiger charge is 2.06. The first-order chi connectivity index (χ1) is 12.3. The molecule has 0 saturated heterocycles. The van der Waals surface area contributed by atoms with Crippen molar-refractivity contribution < 1.29 is 9.13 Å². The average Bonchev–Trinajstić information content (AvgIpc) is 2.64. The summed E-state index contributed by atoms with van der Waals surface area (Å²) in [4.78, 5) is 4.35. The van der Waals surface area contributed by atoms with Gasteiger partial charge in [-0.3, -0.25) is 0 Å². The molecule has 0 amide bonds. The molecule has 0 aliphatic heterocycles. The first-order valence-electron chi connectivity index (χ1n) is 7.83. The van der Waals surface area contributed by atoms with Gasteiger partial charge in [0.1, 0.15) is 11.6 Å². The van der Waals surface area contributed by atoms with Gasteiger partial charge in [-0.05, 0) is 30.2 Å². The molecule has 3 rings (SSSR count). The molecular formula is C18H18FN5O. The van der Waals surface area contributed by atoms with Gasteiger partial charge in [0.2, 0.25) is 5.95 Å². The Labute approximate surface area is 145 Å². The van der Waals surface area contributed by atoms with Gasteiger partial charge in [-0.15, -0.1) is 5.10 Å². The largest absolute Gasteiger partial charge is 0.495 e. The van der Waals surface area contributed by atoms with Gasteiger partial charge in [-0.25, -0.2) is 4.39 Å². The summed E-state index contributed by atoms with van der Waals surface area (Å²) in [6.45, 7) is 0.535. The maximum absolute atomic E-state index is 13.6. The molecule has 25 heavy (non-hydrogen) atoms. The Balaban J connectivity index is 1.62. The standard InChI is InChI=1S/C18H18FN5O/c1-25-16-9-5-4-8-15(16)22-18-23-17(12-21-24-18)20-11-10-13-6-2-3-7-14(13)19/h2-9,12H,10-11H2,1H3,(H2,20,22,23,24). The summed E-state index contributed by atoms with van der Waals surface area (Å²) < 4.78 is 18.9. The van der Waals surface area contributed by atoms with Crippen LogP contribution >= 0.6 is 0 Å². The number of rotatable bonds is 7. The van der Waals surface area contributed by atoms with Crippen molar-refractivity contribution in [3.8, 4) is 5.75 Å². The number of nitrogens with zero attached hydrogens (tertiary/aromatic N) is 3. The summed E-state index contributed by atoms with van der Waals surface area (Å²) in [7, 11) is 1.60. The van der Waals surface area contributed by atoms with Crippen molar-refractivity contribution in [2.45, 2.75) is 6.42 Å². The number of methoxy groups -OCH3 is 1. The first-order valence-corrected chi connectivity index (χ1v) is 7.83. The Morgan fingerprint density at radius 3 is 2.72 bits per heavy atom. The Morgan fingerprint density at radius 1 is 1.08 bits per heavy atom. The van der Waals surface area contributed by atoms with E-state index in [1.54, 1.807) is 19.2 Å². The lowest BCUT2D eigenvalue weighted by Gasteiger charge is -2.10. The molecule has 0 radical (unpaired) electrons. The van der Waals surface area contributed by atoms with Crippen LogP contribution in [0.1, 0.15) is 5.56 Å². The molecule has 1 aromatic heterocycles. The highest BCUT2D eigenvalue weighted by atomic mass is 19.1. The quantitative estimate of drug-likeness (QED) is 0.687. The molecular weight excluding hydrogens is 321 g/mol. The molecule has 2 N–H and O–H groups in total. The Morgan fingerprint density at radius 2 is 1.88 bits per heavy atom. The summed E-state index contributed by atoms with van der Waals surface area (Å²) in [6, 6.07) is 14.2. The Kier molecular flexibility index (Phi) is 5.36. The second kappa shape index (κ2) is 8.05. The van der Waals surface area contributed by atoms with Crippen LogP contribution in [-0.2, 0) is 6.42 Å². The molecule has 1 heterocycles. The molecule has 0 spiro atoms. The van der Waals surface area contributed by atoms with Crippen molar-refractivity contribution >= 4 is 17.5 Å². The molecule has 0 unspecified atom stereocenters. The predicted octanol–water partition coefficient (Wildman–Crippen LogP) is 3.42. The maximum Gasteiger partial charge on any atom is 0.249 e. The molecule has 7 heteroatoms. The maximum atomic E-state index is 13.6. The third-order valence-electron chi connectivity index (χ3n) is 3.57. The smallest absolute Gasteiger partial charge is 0.249 e. The van der Waals surface area contributed by atoms with Gasteiger partial charge in [0.05, 0.1) is 19.0 Å². The third kappa shape index (κ3) is 4.41. The topological polar surface area (TPSA) is 72.0 Å². The van der Waals surface area contributed by atoms with E-state index in [0.717, 1.165) is 5.69 Å². The summed E-state index contributed by atoms with van der Waals surface area (Å²) in [6.07, 6.45) is 2.07. The molecule has 0 atom stereocenters. The van der Waals surface area contributed by atoms with Gasteiger partial charge in [0.15, 0.2) is 5.82 Å². The van der Waals surface area contributed by atoms with E-state index in [9.17, 15) is 4.39 Å². The van der Waals surface area contributed by atoms with E-state index in [4.69, 9.17) is 4.74 Å². The summed E-state index contributed by atoms with van der Waals surface area (Å²) in [5.74, 6) is 1.39. The summed E-state index contributed by atoms with van der Waals surface area (Å²) in [5, 5.41) is 14.1. The first kappa shape index (κ1) is 16.6. The number of halogens is 1. The van der Waals surface area contributed by atoms with Gasteiger partial charge in [-0.1, -0.05) is 30.3 Å². The van der Waals surface area contributed by atoms with Crippen LogP contribution in [0.25, 0.3) is 0 Å². The molecule has 128 valence electrons. The molecule has 0 aliphatic carbocycles. The van der Waals surface area contributed by atoms with Crippen molar-refractivity contribution in [3.05, 3.63) is 66.1 Å². The van der Waals surface area contributed by atoms with Gasteiger partial charge in [-0.2, -0.15) is 10.1 Å². The monoisotopic (exact) mass is 339 g/mol. The van der Waals surface area contributed by atoms with E-state index in [1.165, 1.54) is 12.3 Å². The second-order valence-corrected chi connectivity index (χ2v) is 5.26. The van der Waals surface area contributed by atoms with Crippen LogP contribution in [-0.4, -0.2) is 28.8 Å². The van der Waals surface area contributed by atoms with E-state index in [2.05, 4.69) is 25.8 Å². The fourth-order valence-electron chi connectivity index (χ4n) is 2.34. The number of benzene rings is 2. The predicted molar refractivity (Wildman–Crippen MR) is 94.7 cm³/mol. The normalized spacial score (nSPS) is 10.3. The number of hydrogen-bond acceptors (Lipinski definition) is 6.